The van der Waals surface area contributed by atoms with Gasteiger partial charge in [-0.3, -0.25) is 9.59 Å². The molecule has 0 atom stereocenters. The Morgan fingerprint density at radius 1 is 1.00 bits per heavy atom. The highest BCUT2D eigenvalue weighted by Crippen LogP contribution is 2.30. The Morgan fingerprint density at radius 2 is 1.68 bits per heavy atom. The molecule has 1 aromatic heterocycles. The van der Waals surface area contributed by atoms with Crippen molar-refractivity contribution < 1.29 is 4.79 Å². The first-order valence-electron chi connectivity index (χ1n) is 7.83. The molecule has 2 aromatic carbocycles. The summed E-state index contributed by atoms with van der Waals surface area (Å²) in [6.45, 7) is -0.0160. The molecule has 1 amide bonds. The number of para-hydroxylation sites is 1. The summed E-state index contributed by atoms with van der Waals surface area (Å²) < 4.78 is 2.15. The average Bonchev–Trinajstić information content (AvgIpc) is 2.65. The number of halogens is 1. The van der Waals surface area contributed by atoms with E-state index in [1.165, 1.54) is 10.6 Å². The van der Waals surface area contributed by atoms with Crippen molar-refractivity contribution in [1.82, 2.24) is 4.57 Å². The molecule has 5 heteroatoms. The Morgan fingerprint density at radius 3 is 2.44 bits per heavy atom. The van der Waals surface area contributed by atoms with Gasteiger partial charge in [-0.25, -0.2) is 0 Å². The zero-order valence-corrected chi connectivity index (χ0v) is 15.3. The van der Waals surface area contributed by atoms with Crippen molar-refractivity contribution in [2.45, 2.75) is 6.54 Å². The van der Waals surface area contributed by atoms with Gasteiger partial charge in [0.25, 0.3) is 5.56 Å². The zero-order chi connectivity index (χ0) is 17.8. The molecule has 126 valence electrons. The number of rotatable bonds is 4. The average molecular weight is 397 g/mol. The van der Waals surface area contributed by atoms with Crippen molar-refractivity contribution in [1.29, 1.82) is 0 Å². The van der Waals surface area contributed by atoms with E-state index in [-0.39, 0.29) is 18.0 Å². The summed E-state index contributed by atoms with van der Waals surface area (Å²) in [6, 6.07) is 20.8. The van der Waals surface area contributed by atoms with E-state index in [0.29, 0.717) is 0 Å². The minimum Gasteiger partial charge on any atom is -0.313 e. The third-order valence-corrected chi connectivity index (χ3v) is 4.45. The monoisotopic (exact) mass is 396 g/mol. The van der Waals surface area contributed by atoms with Crippen molar-refractivity contribution in [3.05, 3.63) is 87.8 Å². The van der Waals surface area contributed by atoms with Crippen LogP contribution in [-0.4, -0.2) is 17.5 Å². The summed E-state index contributed by atoms with van der Waals surface area (Å²) >= 11 is 3.33. The summed E-state index contributed by atoms with van der Waals surface area (Å²) in [5, 5.41) is 0. The number of anilines is 1. The van der Waals surface area contributed by atoms with E-state index in [1.807, 2.05) is 54.6 Å². The van der Waals surface area contributed by atoms with Gasteiger partial charge >= 0.3 is 0 Å². The molecule has 0 radical (unpaired) electrons. The molecule has 3 rings (SSSR count). The van der Waals surface area contributed by atoms with Crippen LogP contribution in [0.4, 0.5) is 5.69 Å². The molecule has 0 fully saturated rings. The summed E-state index contributed by atoms with van der Waals surface area (Å²) in [6.07, 6.45) is 1.62. The fourth-order valence-corrected chi connectivity index (χ4v) is 3.02. The van der Waals surface area contributed by atoms with Gasteiger partial charge in [0.1, 0.15) is 6.54 Å². The predicted octanol–water partition coefficient (Wildman–Crippen LogP) is 3.94. The highest BCUT2D eigenvalue weighted by atomic mass is 79.9. The van der Waals surface area contributed by atoms with Gasteiger partial charge in [0.2, 0.25) is 5.91 Å². The minimum atomic E-state index is -0.207. The molecule has 0 aliphatic heterocycles. The van der Waals surface area contributed by atoms with Crippen molar-refractivity contribution in [3.8, 4) is 11.1 Å². The van der Waals surface area contributed by atoms with Gasteiger partial charge in [-0.2, -0.15) is 0 Å². The van der Waals surface area contributed by atoms with Gasteiger partial charge in [0.05, 0.1) is 5.69 Å². The minimum absolute atomic E-state index is 0.0160. The summed E-state index contributed by atoms with van der Waals surface area (Å²) in [4.78, 5) is 26.2. The maximum absolute atomic E-state index is 12.7. The van der Waals surface area contributed by atoms with E-state index >= 15 is 0 Å². The second-order valence-corrected chi connectivity index (χ2v) is 6.57. The van der Waals surface area contributed by atoms with Crippen LogP contribution in [0.1, 0.15) is 0 Å². The number of carbonyl (C=O) groups excluding carboxylic acids is 1. The van der Waals surface area contributed by atoms with E-state index < -0.39 is 0 Å². The molecule has 1 heterocycles. The molecule has 0 aliphatic rings. The molecule has 0 aliphatic carbocycles. The molecule has 0 saturated carbocycles. The SMILES string of the molecule is CN(C(=O)Cn1cc(Br)ccc1=O)c1ccccc1-c1ccccc1. The Bertz CT molecular complexity index is 951. The van der Waals surface area contributed by atoms with Crippen LogP contribution >= 0.6 is 15.9 Å². The molecule has 0 bridgehead atoms. The van der Waals surface area contributed by atoms with Crippen molar-refractivity contribution in [3.63, 3.8) is 0 Å². The lowest BCUT2D eigenvalue weighted by molar-refractivity contribution is -0.118. The lowest BCUT2D eigenvalue weighted by Gasteiger charge is -2.21. The molecule has 0 spiro atoms. The number of hydrogen-bond donors (Lipinski definition) is 0. The lowest BCUT2D eigenvalue weighted by Crippen LogP contribution is -2.33. The van der Waals surface area contributed by atoms with Crippen molar-refractivity contribution in [2.24, 2.45) is 0 Å². The van der Waals surface area contributed by atoms with Gasteiger partial charge < -0.3 is 9.47 Å². The Hall–Kier alpha value is -2.66. The third-order valence-electron chi connectivity index (χ3n) is 3.98. The fraction of sp³-hybridized carbons (Fsp3) is 0.100. The molecule has 3 aromatic rings. The van der Waals surface area contributed by atoms with Crippen LogP contribution in [0.5, 0.6) is 0 Å². The maximum Gasteiger partial charge on any atom is 0.251 e. The number of benzene rings is 2. The number of nitrogens with zero attached hydrogens (tertiary/aromatic N) is 2. The van der Waals surface area contributed by atoms with Crippen molar-refractivity contribution >= 4 is 27.5 Å². The molecule has 0 saturated heterocycles. The first kappa shape index (κ1) is 17.2. The number of aromatic nitrogens is 1. The number of pyridine rings is 1. The number of likely N-dealkylation sites (N-methyl/N-ethyl adjacent to an activating group) is 1. The summed E-state index contributed by atoms with van der Waals surface area (Å²) in [5.41, 5.74) is 2.61. The summed E-state index contributed by atoms with van der Waals surface area (Å²) in [5.74, 6) is -0.163. The van der Waals surface area contributed by atoms with Crippen LogP contribution in [0, 0.1) is 0 Å². The molecule has 0 N–H and O–H groups in total. The Labute approximate surface area is 154 Å². The van der Waals surface area contributed by atoms with Crippen LogP contribution in [0.2, 0.25) is 0 Å². The molecular weight excluding hydrogens is 380 g/mol. The van der Waals surface area contributed by atoms with Gasteiger partial charge in [0, 0.05) is 29.3 Å². The van der Waals surface area contributed by atoms with Crippen LogP contribution in [-0.2, 0) is 11.3 Å². The van der Waals surface area contributed by atoms with Crippen LogP contribution in [0.3, 0.4) is 0 Å². The van der Waals surface area contributed by atoms with E-state index in [0.717, 1.165) is 21.3 Å². The van der Waals surface area contributed by atoms with E-state index in [9.17, 15) is 9.59 Å². The number of carbonyl (C=O) groups is 1. The largest absolute Gasteiger partial charge is 0.313 e. The standard InChI is InChI=1S/C20H17BrN2O2/c1-22(20(25)14-23-13-16(21)11-12-19(23)24)18-10-6-5-9-17(18)15-7-3-2-4-8-15/h2-13H,14H2,1H3. The normalized spacial score (nSPS) is 10.5. The fourth-order valence-electron chi connectivity index (χ4n) is 2.64. The van der Waals surface area contributed by atoms with Gasteiger partial charge in [-0.1, -0.05) is 48.5 Å². The van der Waals surface area contributed by atoms with E-state index in [1.54, 1.807) is 24.2 Å². The van der Waals surface area contributed by atoms with Gasteiger partial charge in [0.15, 0.2) is 0 Å². The van der Waals surface area contributed by atoms with Crippen LogP contribution < -0.4 is 10.5 Å². The van der Waals surface area contributed by atoms with Gasteiger partial charge in [-0.15, -0.1) is 0 Å². The first-order chi connectivity index (χ1) is 12.1. The Balaban J connectivity index is 1.91. The number of amides is 1. The second kappa shape index (κ2) is 7.49. The quantitative estimate of drug-likeness (QED) is 0.669. The lowest BCUT2D eigenvalue weighted by atomic mass is 10.0. The predicted molar refractivity (Wildman–Crippen MR) is 104 cm³/mol. The van der Waals surface area contributed by atoms with E-state index in [2.05, 4.69) is 15.9 Å². The van der Waals surface area contributed by atoms with Crippen LogP contribution in [0.25, 0.3) is 11.1 Å². The topological polar surface area (TPSA) is 42.3 Å². The van der Waals surface area contributed by atoms with Gasteiger partial charge in [-0.05, 0) is 33.6 Å². The number of hydrogen-bond acceptors (Lipinski definition) is 2. The summed E-state index contributed by atoms with van der Waals surface area (Å²) in [7, 11) is 1.73. The highest BCUT2D eigenvalue weighted by molar-refractivity contribution is 9.10. The van der Waals surface area contributed by atoms with Crippen LogP contribution in [0.15, 0.2) is 82.2 Å². The first-order valence-corrected chi connectivity index (χ1v) is 8.62. The zero-order valence-electron chi connectivity index (χ0n) is 13.7. The van der Waals surface area contributed by atoms with E-state index in [4.69, 9.17) is 0 Å². The molecule has 0 unspecified atom stereocenters. The maximum atomic E-state index is 12.7. The molecule has 25 heavy (non-hydrogen) atoms. The van der Waals surface area contributed by atoms with Crippen molar-refractivity contribution in [2.75, 3.05) is 11.9 Å². The Kier molecular flexibility index (Phi) is 5.14. The molecular formula is C20H17BrN2O2. The smallest absolute Gasteiger partial charge is 0.251 e. The molecule has 4 nitrogen and oxygen atoms in total. The third kappa shape index (κ3) is 3.88. The highest BCUT2D eigenvalue weighted by Gasteiger charge is 2.16. The second-order valence-electron chi connectivity index (χ2n) is 5.65.